The predicted molar refractivity (Wildman–Crippen MR) is 74.7 cm³/mol. The molecule has 0 spiro atoms. The maximum Gasteiger partial charge on any atom is 0.0488 e. The van der Waals surface area contributed by atoms with Gasteiger partial charge in [-0.3, -0.25) is 0 Å². The van der Waals surface area contributed by atoms with E-state index in [0.717, 1.165) is 10.7 Å². The fourth-order valence-electron chi connectivity index (χ4n) is 1.95. The molecule has 0 aliphatic rings. The van der Waals surface area contributed by atoms with Gasteiger partial charge in [-0.1, -0.05) is 35.9 Å². The van der Waals surface area contributed by atoms with Crippen LogP contribution in [0, 0.1) is 6.92 Å². The zero-order valence-corrected chi connectivity index (χ0v) is 10.8. The molecule has 0 radical (unpaired) electrons. The molecule has 1 unspecified atom stereocenters. The van der Waals surface area contributed by atoms with Crippen LogP contribution in [0.4, 0.5) is 5.69 Å². The first-order valence-electron chi connectivity index (χ1n) is 5.74. The summed E-state index contributed by atoms with van der Waals surface area (Å²) in [6.45, 7) is 4.30. The van der Waals surface area contributed by atoms with Crippen LogP contribution in [0.15, 0.2) is 48.5 Å². The van der Waals surface area contributed by atoms with E-state index in [1.165, 1.54) is 11.1 Å². The highest BCUT2D eigenvalue weighted by molar-refractivity contribution is 6.30. The molecule has 2 heteroatoms. The first-order valence-corrected chi connectivity index (χ1v) is 6.12. The van der Waals surface area contributed by atoms with Gasteiger partial charge in [0.1, 0.15) is 0 Å². The van der Waals surface area contributed by atoms with Crippen LogP contribution >= 0.6 is 11.6 Å². The molecule has 0 aromatic heterocycles. The molecule has 2 rings (SSSR count). The van der Waals surface area contributed by atoms with Crippen molar-refractivity contribution in [1.82, 2.24) is 0 Å². The van der Waals surface area contributed by atoms with Gasteiger partial charge in [-0.05, 0) is 49.2 Å². The highest BCUT2D eigenvalue weighted by atomic mass is 35.5. The van der Waals surface area contributed by atoms with Gasteiger partial charge < -0.3 is 5.32 Å². The van der Waals surface area contributed by atoms with Gasteiger partial charge >= 0.3 is 0 Å². The van der Waals surface area contributed by atoms with E-state index in [9.17, 15) is 0 Å². The Hall–Kier alpha value is -1.47. The van der Waals surface area contributed by atoms with E-state index < -0.39 is 0 Å². The van der Waals surface area contributed by atoms with E-state index in [1.54, 1.807) is 0 Å². The van der Waals surface area contributed by atoms with Crippen LogP contribution in [0.1, 0.15) is 24.1 Å². The Morgan fingerprint density at radius 2 is 1.65 bits per heavy atom. The van der Waals surface area contributed by atoms with Crippen molar-refractivity contribution < 1.29 is 0 Å². The number of anilines is 1. The quantitative estimate of drug-likeness (QED) is 0.817. The Bertz CT molecular complexity index is 491. The molecular weight excluding hydrogens is 230 g/mol. The van der Waals surface area contributed by atoms with Crippen LogP contribution in [-0.2, 0) is 0 Å². The molecule has 1 N–H and O–H groups in total. The van der Waals surface area contributed by atoms with E-state index in [4.69, 9.17) is 11.6 Å². The van der Waals surface area contributed by atoms with Gasteiger partial charge in [0.25, 0.3) is 0 Å². The third-order valence-electron chi connectivity index (χ3n) is 2.88. The summed E-state index contributed by atoms with van der Waals surface area (Å²) in [5.41, 5.74) is 3.72. The van der Waals surface area contributed by atoms with Crippen LogP contribution in [0.3, 0.4) is 0 Å². The lowest BCUT2D eigenvalue weighted by atomic mass is 10.0. The summed E-state index contributed by atoms with van der Waals surface area (Å²) in [5, 5.41) is 4.23. The van der Waals surface area contributed by atoms with Crippen molar-refractivity contribution in [2.24, 2.45) is 0 Å². The average Bonchev–Trinajstić information content (AvgIpc) is 2.32. The number of hydrogen-bond donors (Lipinski definition) is 1. The summed E-state index contributed by atoms with van der Waals surface area (Å²) in [6.07, 6.45) is 0. The summed E-state index contributed by atoms with van der Waals surface area (Å²) >= 11 is 5.86. The van der Waals surface area contributed by atoms with Gasteiger partial charge in [0.05, 0.1) is 0 Å². The lowest BCUT2D eigenvalue weighted by Crippen LogP contribution is -2.07. The first kappa shape index (κ1) is 12.0. The highest BCUT2D eigenvalue weighted by Crippen LogP contribution is 2.22. The van der Waals surface area contributed by atoms with E-state index in [0.29, 0.717) is 0 Å². The van der Waals surface area contributed by atoms with Crippen molar-refractivity contribution in [2.75, 3.05) is 5.32 Å². The van der Waals surface area contributed by atoms with Crippen molar-refractivity contribution in [3.05, 3.63) is 64.7 Å². The van der Waals surface area contributed by atoms with Crippen LogP contribution in [-0.4, -0.2) is 0 Å². The van der Waals surface area contributed by atoms with Gasteiger partial charge in [-0.2, -0.15) is 0 Å². The fraction of sp³-hybridized carbons (Fsp3) is 0.200. The average molecular weight is 246 g/mol. The molecule has 0 aliphatic carbocycles. The minimum absolute atomic E-state index is 0.289. The molecule has 2 aromatic rings. The van der Waals surface area contributed by atoms with Crippen LogP contribution in [0.2, 0.25) is 5.02 Å². The Morgan fingerprint density at radius 1 is 1.00 bits per heavy atom. The Labute approximate surface area is 107 Å². The lowest BCUT2D eigenvalue weighted by molar-refractivity contribution is 0.874. The third-order valence-corrected chi connectivity index (χ3v) is 3.13. The molecule has 0 saturated carbocycles. The third kappa shape index (κ3) is 3.01. The van der Waals surface area contributed by atoms with Gasteiger partial charge in [-0.15, -0.1) is 0 Å². The summed E-state index contributed by atoms with van der Waals surface area (Å²) < 4.78 is 0. The summed E-state index contributed by atoms with van der Waals surface area (Å²) in [4.78, 5) is 0. The summed E-state index contributed by atoms with van der Waals surface area (Å²) in [7, 11) is 0. The van der Waals surface area contributed by atoms with E-state index >= 15 is 0 Å². The molecule has 1 atom stereocenters. The second kappa shape index (κ2) is 5.24. The van der Waals surface area contributed by atoms with Crippen LogP contribution in [0.25, 0.3) is 0 Å². The number of rotatable bonds is 3. The molecule has 88 valence electrons. The number of aryl methyl sites for hydroxylation is 1. The van der Waals surface area contributed by atoms with E-state index in [2.05, 4.69) is 43.4 Å². The largest absolute Gasteiger partial charge is 0.379 e. The maximum absolute atomic E-state index is 5.86. The molecule has 0 bridgehead atoms. The number of nitrogens with one attached hydrogen (secondary N) is 1. The zero-order valence-electron chi connectivity index (χ0n) is 10.1. The molecule has 0 heterocycles. The zero-order chi connectivity index (χ0) is 12.3. The molecule has 0 saturated heterocycles. The predicted octanol–water partition coefficient (Wildman–Crippen LogP) is 4.82. The molecular formula is C15H16ClN. The number of hydrogen-bond acceptors (Lipinski definition) is 1. The van der Waals surface area contributed by atoms with Gasteiger partial charge in [0.2, 0.25) is 0 Å². The SMILES string of the molecule is Cc1ccccc1C(C)Nc1ccc(Cl)cc1. The minimum Gasteiger partial charge on any atom is -0.379 e. The van der Waals surface area contributed by atoms with Crippen molar-refractivity contribution in [1.29, 1.82) is 0 Å². The van der Waals surface area contributed by atoms with Crippen molar-refractivity contribution in [3.8, 4) is 0 Å². The second-order valence-electron chi connectivity index (χ2n) is 4.23. The normalized spacial score (nSPS) is 12.2. The van der Waals surface area contributed by atoms with Crippen molar-refractivity contribution in [3.63, 3.8) is 0 Å². The molecule has 0 amide bonds. The standard InChI is InChI=1S/C15H16ClN/c1-11-5-3-4-6-15(11)12(2)17-14-9-7-13(16)8-10-14/h3-10,12,17H,1-2H3. The summed E-state index contributed by atoms with van der Waals surface area (Å²) in [5.74, 6) is 0. The van der Waals surface area contributed by atoms with Gasteiger partial charge in [0.15, 0.2) is 0 Å². The maximum atomic E-state index is 5.86. The smallest absolute Gasteiger partial charge is 0.0488 e. The van der Waals surface area contributed by atoms with Gasteiger partial charge in [-0.25, -0.2) is 0 Å². The van der Waals surface area contributed by atoms with Crippen LogP contribution < -0.4 is 5.32 Å². The summed E-state index contributed by atoms with van der Waals surface area (Å²) in [6, 6.07) is 16.5. The van der Waals surface area contributed by atoms with Gasteiger partial charge in [0, 0.05) is 16.8 Å². The topological polar surface area (TPSA) is 12.0 Å². The fourth-order valence-corrected chi connectivity index (χ4v) is 2.07. The first-order chi connectivity index (χ1) is 8.16. The Kier molecular flexibility index (Phi) is 3.70. The number of benzene rings is 2. The Morgan fingerprint density at radius 3 is 2.29 bits per heavy atom. The molecule has 17 heavy (non-hydrogen) atoms. The molecule has 2 aromatic carbocycles. The van der Waals surface area contributed by atoms with E-state index in [-0.39, 0.29) is 6.04 Å². The second-order valence-corrected chi connectivity index (χ2v) is 4.67. The molecule has 0 fully saturated rings. The number of halogens is 1. The van der Waals surface area contributed by atoms with E-state index in [1.807, 2.05) is 24.3 Å². The highest BCUT2D eigenvalue weighted by Gasteiger charge is 2.07. The van der Waals surface area contributed by atoms with Crippen molar-refractivity contribution >= 4 is 17.3 Å². The Balaban J connectivity index is 2.14. The van der Waals surface area contributed by atoms with Crippen LogP contribution in [0.5, 0.6) is 0 Å². The minimum atomic E-state index is 0.289. The molecule has 1 nitrogen and oxygen atoms in total. The molecule has 0 aliphatic heterocycles. The van der Waals surface area contributed by atoms with Crippen molar-refractivity contribution in [2.45, 2.75) is 19.9 Å². The lowest BCUT2D eigenvalue weighted by Gasteiger charge is -2.17. The monoisotopic (exact) mass is 245 g/mol.